The van der Waals surface area contributed by atoms with Crippen LogP contribution in [0.15, 0.2) is 71.1 Å². The highest BCUT2D eigenvalue weighted by Gasteiger charge is 2.06. The Labute approximate surface area is 128 Å². The van der Waals surface area contributed by atoms with E-state index in [4.69, 9.17) is 11.6 Å². The predicted molar refractivity (Wildman–Crippen MR) is 83.5 cm³/mol. The average Bonchev–Trinajstić information content (AvgIpc) is 2.49. The molecule has 2 aromatic rings. The van der Waals surface area contributed by atoms with Crippen LogP contribution in [0.3, 0.4) is 0 Å². The molecular weight excluding hydrogens is 286 g/mol. The molecule has 0 bridgehead atoms. The number of nitrogens with one attached hydrogen (secondary N) is 1. The minimum atomic E-state index is -0.216. The van der Waals surface area contributed by atoms with Gasteiger partial charge in [0, 0.05) is 12.1 Å². The number of pyridine rings is 1. The van der Waals surface area contributed by atoms with Gasteiger partial charge in [0.05, 0.1) is 11.2 Å². The summed E-state index contributed by atoms with van der Waals surface area (Å²) in [6.45, 7) is 0.207. The lowest BCUT2D eigenvalue weighted by atomic mass is 10.2. The van der Waals surface area contributed by atoms with Crippen LogP contribution >= 0.6 is 11.6 Å². The number of aromatic nitrogens is 1. The van der Waals surface area contributed by atoms with Gasteiger partial charge in [-0.2, -0.15) is 9.67 Å². The molecule has 0 aliphatic carbocycles. The van der Waals surface area contributed by atoms with Crippen molar-refractivity contribution in [3.63, 3.8) is 0 Å². The monoisotopic (exact) mass is 300 g/mol. The SMILES string of the molecule is O=C(C[n+]1ccccc1)N/N=C/C(Cl)=C\c1ccccc1. The summed E-state index contributed by atoms with van der Waals surface area (Å²) in [5.74, 6) is -0.216. The van der Waals surface area contributed by atoms with E-state index in [1.807, 2.05) is 60.9 Å². The van der Waals surface area contributed by atoms with Gasteiger partial charge in [0.25, 0.3) is 0 Å². The molecule has 0 unspecified atom stereocenters. The van der Waals surface area contributed by atoms with Gasteiger partial charge in [-0.25, -0.2) is 5.43 Å². The lowest BCUT2D eigenvalue weighted by molar-refractivity contribution is -0.684. The summed E-state index contributed by atoms with van der Waals surface area (Å²) in [6, 6.07) is 15.2. The smallest absolute Gasteiger partial charge is 0.266 e. The summed E-state index contributed by atoms with van der Waals surface area (Å²) >= 11 is 6.01. The minimum absolute atomic E-state index is 0.207. The molecule has 1 heterocycles. The maximum Gasteiger partial charge on any atom is 0.305 e. The van der Waals surface area contributed by atoms with Crippen molar-refractivity contribution in [3.05, 3.63) is 71.5 Å². The zero-order chi connectivity index (χ0) is 14.9. The largest absolute Gasteiger partial charge is 0.305 e. The molecule has 0 aliphatic rings. The first-order chi connectivity index (χ1) is 10.2. The van der Waals surface area contributed by atoms with Crippen molar-refractivity contribution in [2.75, 3.05) is 0 Å². The first kappa shape index (κ1) is 14.9. The fourth-order valence-corrected chi connectivity index (χ4v) is 1.83. The normalized spacial score (nSPS) is 11.6. The molecule has 4 nitrogen and oxygen atoms in total. The highest BCUT2D eigenvalue weighted by atomic mass is 35.5. The van der Waals surface area contributed by atoms with Gasteiger partial charge >= 0.3 is 5.91 Å². The maximum absolute atomic E-state index is 11.6. The van der Waals surface area contributed by atoms with Gasteiger partial charge in [0.15, 0.2) is 12.4 Å². The van der Waals surface area contributed by atoms with Gasteiger partial charge in [0.2, 0.25) is 6.54 Å². The molecule has 0 saturated heterocycles. The molecular formula is C16H15ClN3O+. The van der Waals surface area contributed by atoms with E-state index in [0.717, 1.165) is 5.56 Å². The number of allylic oxidation sites excluding steroid dienone is 1. The minimum Gasteiger partial charge on any atom is -0.266 e. The Kier molecular flexibility index (Phi) is 5.67. The predicted octanol–water partition coefficient (Wildman–Crippen LogP) is 2.36. The second kappa shape index (κ2) is 7.97. The van der Waals surface area contributed by atoms with Crippen LogP contribution in [0.4, 0.5) is 0 Å². The number of carbonyl (C=O) groups is 1. The first-order valence-corrected chi connectivity index (χ1v) is 6.80. The Balaban J connectivity index is 1.84. The van der Waals surface area contributed by atoms with Crippen LogP contribution < -0.4 is 9.99 Å². The van der Waals surface area contributed by atoms with Gasteiger partial charge in [-0.15, -0.1) is 0 Å². The maximum atomic E-state index is 11.6. The topological polar surface area (TPSA) is 45.3 Å². The fourth-order valence-electron chi connectivity index (χ4n) is 1.65. The number of hydrogen-bond donors (Lipinski definition) is 1. The molecule has 1 aromatic carbocycles. The van der Waals surface area contributed by atoms with Crippen LogP contribution in [0.1, 0.15) is 5.56 Å². The zero-order valence-electron chi connectivity index (χ0n) is 11.3. The molecule has 1 amide bonds. The van der Waals surface area contributed by atoms with E-state index in [1.54, 1.807) is 10.6 Å². The molecule has 0 aliphatic heterocycles. The Morgan fingerprint density at radius 3 is 2.52 bits per heavy atom. The summed E-state index contributed by atoms with van der Waals surface area (Å²) in [4.78, 5) is 11.6. The average molecular weight is 301 g/mol. The van der Waals surface area contributed by atoms with Crippen molar-refractivity contribution in [2.45, 2.75) is 6.54 Å². The van der Waals surface area contributed by atoms with E-state index in [9.17, 15) is 4.79 Å². The number of hydrogen-bond acceptors (Lipinski definition) is 2. The molecule has 1 aromatic heterocycles. The highest BCUT2D eigenvalue weighted by Crippen LogP contribution is 2.07. The third-order valence-corrected chi connectivity index (χ3v) is 2.79. The third-order valence-electron chi connectivity index (χ3n) is 2.58. The molecule has 0 radical (unpaired) electrons. The van der Waals surface area contributed by atoms with E-state index >= 15 is 0 Å². The van der Waals surface area contributed by atoms with Crippen LogP contribution in [0.2, 0.25) is 0 Å². The van der Waals surface area contributed by atoms with E-state index < -0.39 is 0 Å². The summed E-state index contributed by atoms with van der Waals surface area (Å²) < 4.78 is 1.76. The van der Waals surface area contributed by atoms with E-state index in [0.29, 0.717) is 5.03 Å². The van der Waals surface area contributed by atoms with E-state index in [-0.39, 0.29) is 12.5 Å². The van der Waals surface area contributed by atoms with Gasteiger partial charge in [-0.05, 0) is 11.6 Å². The number of rotatable bonds is 5. The molecule has 106 valence electrons. The Hall–Kier alpha value is -2.46. The van der Waals surface area contributed by atoms with Gasteiger partial charge < -0.3 is 0 Å². The van der Waals surface area contributed by atoms with E-state index in [1.165, 1.54) is 6.21 Å². The first-order valence-electron chi connectivity index (χ1n) is 6.42. The van der Waals surface area contributed by atoms with Gasteiger partial charge in [-0.3, -0.25) is 4.79 Å². The number of halogens is 1. The summed E-state index contributed by atoms with van der Waals surface area (Å²) in [5, 5.41) is 4.26. The Morgan fingerprint density at radius 1 is 1.14 bits per heavy atom. The number of amides is 1. The summed E-state index contributed by atoms with van der Waals surface area (Å²) in [7, 11) is 0. The lowest BCUT2D eigenvalue weighted by Gasteiger charge is -1.96. The molecule has 0 spiro atoms. The van der Waals surface area contributed by atoms with Gasteiger partial charge in [0.1, 0.15) is 0 Å². The van der Waals surface area contributed by atoms with Crippen LogP contribution in [0.5, 0.6) is 0 Å². The molecule has 0 saturated carbocycles. The van der Waals surface area contributed by atoms with Gasteiger partial charge in [-0.1, -0.05) is 48.0 Å². The Morgan fingerprint density at radius 2 is 1.81 bits per heavy atom. The second-order valence-corrected chi connectivity index (χ2v) is 4.72. The van der Waals surface area contributed by atoms with Crippen molar-refractivity contribution >= 4 is 29.8 Å². The van der Waals surface area contributed by atoms with E-state index in [2.05, 4.69) is 10.5 Å². The fraction of sp³-hybridized carbons (Fsp3) is 0.0625. The van der Waals surface area contributed by atoms with Crippen LogP contribution in [-0.4, -0.2) is 12.1 Å². The van der Waals surface area contributed by atoms with Crippen molar-refractivity contribution in [2.24, 2.45) is 5.10 Å². The highest BCUT2D eigenvalue weighted by molar-refractivity contribution is 6.41. The third kappa shape index (κ3) is 5.58. The summed E-state index contributed by atoms with van der Waals surface area (Å²) in [6.07, 6.45) is 6.79. The number of benzene rings is 1. The molecule has 0 fully saturated rings. The Bertz CT molecular complexity index is 639. The molecule has 21 heavy (non-hydrogen) atoms. The van der Waals surface area contributed by atoms with Crippen molar-refractivity contribution in [1.29, 1.82) is 0 Å². The quantitative estimate of drug-likeness (QED) is 0.514. The molecule has 0 atom stereocenters. The molecule has 1 N–H and O–H groups in total. The molecule has 5 heteroatoms. The lowest BCUT2D eigenvalue weighted by Crippen LogP contribution is -2.40. The van der Waals surface area contributed by atoms with Crippen molar-refractivity contribution < 1.29 is 9.36 Å². The molecule has 2 rings (SSSR count). The number of carbonyl (C=O) groups excluding carboxylic acids is 1. The number of hydrazone groups is 1. The van der Waals surface area contributed by atoms with Crippen molar-refractivity contribution in [1.82, 2.24) is 5.43 Å². The standard InChI is InChI=1S/C16H14ClN3O/c17-15(11-14-7-3-1-4-8-14)12-18-19-16(21)13-20-9-5-2-6-10-20/h1-12H,13H2/p+1/b15-11+,18-12+. The zero-order valence-corrected chi connectivity index (χ0v) is 12.1. The number of nitrogens with zero attached hydrogens (tertiary/aromatic N) is 2. The summed E-state index contributed by atoms with van der Waals surface area (Å²) in [5.41, 5.74) is 3.40. The second-order valence-electron chi connectivity index (χ2n) is 4.28. The van der Waals surface area contributed by atoms with Crippen LogP contribution in [0, 0.1) is 0 Å². The van der Waals surface area contributed by atoms with Crippen LogP contribution in [-0.2, 0) is 11.3 Å². The van der Waals surface area contributed by atoms with Crippen LogP contribution in [0.25, 0.3) is 6.08 Å². The van der Waals surface area contributed by atoms with Crippen molar-refractivity contribution in [3.8, 4) is 0 Å².